The van der Waals surface area contributed by atoms with E-state index in [0.717, 1.165) is 21.1 Å². The number of nitrogens with one attached hydrogen (secondary N) is 1. The first-order valence-electron chi connectivity index (χ1n) is 9.58. The lowest BCUT2D eigenvalue weighted by Crippen LogP contribution is -2.85. The van der Waals surface area contributed by atoms with Crippen LogP contribution in [0.15, 0.2) is 71.5 Å². The lowest BCUT2D eigenvalue weighted by molar-refractivity contribution is -0.718. The topological polar surface area (TPSA) is 62.4 Å². The summed E-state index contributed by atoms with van der Waals surface area (Å²) < 4.78 is 0. The summed E-state index contributed by atoms with van der Waals surface area (Å²) in [5.74, 6) is 1.20. The van der Waals surface area contributed by atoms with Crippen molar-refractivity contribution in [2.24, 2.45) is 5.92 Å². The van der Waals surface area contributed by atoms with Gasteiger partial charge in [0.1, 0.15) is 17.4 Å². The van der Waals surface area contributed by atoms with Gasteiger partial charge in [0.25, 0.3) is 5.56 Å². The number of aromatic amines is 1. The minimum absolute atomic E-state index is 0.0624. The van der Waals surface area contributed by atoms with Gasteiger partial charge in [-0.05, 0) is 11.6 Å². The van der Waals surface area contributed by atoms with Crippen LogP contribution >= 0.6 is 11.3 Å². The number of nitrogens with two attached hydrogens (primary N) is 1. The molecule has 2 aromatic heterocycles. The van der Waals surface area contributed by atoms with Crippen LogP contribution in [0, 0.1) is 5.92 Å². The molecule has 0 saturated heterocycles. The Morgan fingerprint density at radius 2 is 1.71 bits per heavy atom. The van der Waals surface area contributed by atoms with Gasteiger partial charge >= 0.3 is 0 Å². The molecule has 2 aromatic carbocycles. The number of thiophene rings is 1. The molecular formula is C23H24N3OS+. The summed E-state index contributed by atoms with van der Waals surface area (Å²) in [5.41, 5.74) is 2.35. The third kappa shape index (κ3) is 3.91. The third-order valence-electron chi connectivity index (χ3n) is 4.98. The van der Waals surface area contributed by atoms with E-state index in [0.29, 0.717) is 23.9 Å². The van der Waals surface area contributed by atoms with Crippen molar-refractivity contribution >= 4 is 21.6 Å². The molecule has 3 N–H and O–H groups in total. The van der Waals surface area contributed by atoms with Crippen LogP contribution in [0.4, 0.5) is 0 Å². The van der Waals surface area contributed by atoms with Gasteiger partial charge in [-0.3, -0.25) is 4.79 Å². The number of rotatable bonds is 6. The van der Waals surface area contributed by atoms with Crippen molar-refractivity contribution in [1.29, 1.82) is 0 Å². The smallest absolute Gasteiger partial charge is 0.259 e. The standard InChI is InChI=1S/C23H23N3OS/c1-15(2)21(17-11-7-4-8-12-17)24-14-20-25-22(27)18-13-19(28-23(18)26-20)16-9-5-3-6-10-16/h3-13,15,21,24H,14H2,1-2H3,(H,25,26,27)/p+1/t21-/m0/s1. The highest BCUT2D eigenvalue weighted by Gasteiger charge is 2.19. The minimum atomic E-state index is -0.0624. The molecule has 4 aromatic rings. The summed E-state index contributed by atoms with van der Waals surface area (Å²) in [5, 5.41) is 2.92. The fraction of sp³-hybridized carbons (Fsp3) is 0.217. The Balaban J connectivity index is 1.60. The van der Waals surface area contributed by atoms with Crippen LogP contribution in [-0.2, 0) is 6.54 Å². The molecule has 0 fully saturated rings. The Hall–Kier alpha value is -2.76. The zero-order chi connectivity index (χ0) is 19.5. The van der Waals surface area contributed by atoms with Crippen molar-refractivity contribution in [3.05, 3.63) is 88.5 Å². The monoisotopic (exact) mass is 390 g/mol. The fourth-order valence-electron chi connectivity index (χ4n) is 3.52. The summed E-state index contributed by atoms with van der Waals surface area (Å²) in [6, 6.07) is 22.9. The number of fused-ring (bicyclic) bond motifs is 1. The number of hydrogen-bond donors (Lipinski definition) is 2. The van der Waals surface area contributed by atoms with E-state index >= 15 is 0 Å². The van der Waals surface area contributed by atoms with Crippen LogP contribution < -0.4 is 10.9 Å². The van der Waals surface area contributed by atoms with Crippen LogP contribution in [0.2, 0.25) is 0 Å². The molecule has 0 aliphatic heterocycles. The molecule has 4 nitrogen and oxygen atoms in total. The molecule has 0 unspecified atom stereocenters. The highest BCUT2D eigenvalue weighted by atomic mass is 32.1. The molecule has 28 heavy (non-hydrogen) atoms. The quantitative estimate of drug-likeness (QED) is 0.520. The molecule has 4 rings (SSSR count). The first kappa shape index (κ1) is 18.6. The van der Waals surface area contributed by atoms with E-state index in [4.69, 9.17) is 4.98 Å². The number of quaternary nitrogens is 1. The Morgan fingerprint density at radius 3 is 2.39 bits per heavy atom. The molecule has 5 heteroatoms. The second kappa shape index (κ2) is 8.09. The van der Waals surface area contributed by atoms with Gasteiger partial charge < -0.3 is 10.3 Å². The average molecular weight is 391 g/mol. The van der Waals surface area contributed by atoms with Gasteiger partial charge in [-0.25, -0.2) is 4.98 Å². The van der Waals surface area contributed by atoms with Gasteiger partial charge in [0.15, 0.2) is 5.82 Å². The Labute approximate surface area is 168 Å². The maximum absolute atomic E-state index is 12.6. The van der Waals surface area contributed by atoms with Gasteiger partial charge in [-0.1, -0.05) is 74.5 Å². The van der Waals surface area contributed by atoms with E-state index in [1.165, 1.54) is 5.56 Å². The molecule has 0 bridgehead atoms. The summed E-state index contributed by atoms with van der Waals surface area (Å²) in [7, 11) is 0. The summed E-state index contributed by atoms with van der Waals surface area (Å²) in [6.45, 7) is 5.08. The summed E-state index contributed by atoms with van der Waals surface area (Å²) in [4.78, 5) is 22.2. The largest absolute Gasteiger partial charge is 0.334 e. The van der Waals surface area contributed by atoms with Crippen molar-refractivity contribution in [3.63, 3.8) is 0 Å². The third-order valence-corrected chi connectivity index (χ3v) is 6.06. The van der Waals surface area contributed by atoms with Gasteiger partial charge in [-0.2, -0.15) is 0 Å². The number of nitrogens with zero attached hydrogens (tertiary/aromatic N) is 1. The molecule has 0 saturated carbocycles. The van der Waals surface area contributed by atoms with E-state index in [2.05, 4.69) is 60.5 Å². The highest BCUT2D eigenvalue weighted by molar-refractivity contribution is 7.21. The van der Waals surface area contributed by atoms with Gasteiger partial charge in [0.05, 0.1) is 5.39 Å². The fourth-order valence-corrected chi connectivity index (χ4v) is 4.58. The zero-order valence-corrected chi connectivity index (χ0v) is 16.9. The molecule has 1 atom stereocenters. The van der Waals surface area contributed by atoms with Crippen LogP contribution in [0.3, 0.4) is 0 Å². The number of hydrogen-bond acceptors (Lipinski definition) is 3. The molecular weight excluding hydrogens is 366 g/mol. The molecule has 0 aliphatic carbocycles. The maximum atomic E-state index is 12.6. The van der Waals surface area contributed by atoms with Crippen molar-refractivity contribution in [2.45, 2.75) is 26.4 Å². The lowest BCUT2D eigenvalue weighted by atomic mass is 9.96. The molecule has 0 radical (unpaired) electrons. The lowest BCUT2D eigenvalue weighted by Gasteiger charge is -2.19. The van der Waals surface area contributed by atoms with Crippen LogP contribution in [0.1, 0.15) is 31.3 Å². The van der Waals surface area contributed by atoms with Gasteiger partial charge in [0.2, 0.25) is 0 Å². The molecule has 0 amide bonds. The van der Waals surface area contributed by atoms with Crippen molar-refractivity contribution in [2.75, 3.05) is 0 Å². The Bertz CT molecular complexity index is 1120. The molecule has 142 valence electrons. The van der Waals surface area contributed by atoms with Crippen LogP contribution in [0.25, 0.3) is 20.7 Å². The van der Waals surface area contributed by atoms with Gasteiger partial charge in [-0.15, -0.1) is 11.3 Å². The van der Waals surface area contributed by atoms with E-state index in [9.17, 15) is 4.79 Å². The first-order valence-corrected chi connectivity index (χ1v) is 10.4. The van der Waals surface area contributed by atoms with Crippen molar-refractivity contribution in [1.82, 2.24) is 9.97 Å². The van der Waals surface area contributed by atoms with Crippen molar-refractivity contribution < 1.29 is 5.32 Å². The predicted molar refractivity (Wildman–Crippen MR) is 115 cm³/mol. The summed E-state index contributed by atoms with van der Waals surface area (Å²) in [6.07, 6.45) is 0. The minimum Gasteiger partial charge on any atom is -0.334 e. The number of aromatic nitrogens is 2. The van der Waals surface area contributed by atoms with E-state index in [1.54, 1.807) is 11.3 Å². The first-order chi connectivity index (χ1) is 13.6. The molecule has 2 heterocycles. The highest BCUT2D eigenvalue weighted by Crippen LogP contribution is 2.30. The van der Waals surface area contributed by atoms with E-state index in [1.807, 2.05) is 30.3 Å². The summed E-state index contributed by atoms with van der Waals surface area (Å²) >= 11 is 1.57. The Kier molecular flexibility index (Phi) is 5.37. The van der Waals surface area contributed by atoms with Gasteiger partial charge in [0, 0.05) is 16.4 Å². The van der Waals surface area contributed by atoms with E-state index in [-0.39, 0.29) is 5.56 Å². The number of benzene rings is 2. The SMILES string of the molecule is CC(C)[C@H]([NH2+]Cc1nc2sc(-c3ccccc3)cc2c(=O)[nH]1)c1ccccc1. The average Bonchev–Trinajstić information content (AvgIpc) is 3.14. The number of H-pyrrole nitrogens is 1. The second-order valence-corrected chi connectivity index (χ2v) is 8.36. The molecule has 0 spiro atoms. The maximum Gasteiger partial charge on any atom is 0.259 e. The van der Waals surface area contributed by atoms with E-state index < -0.39 is 0 Å². The van der Waals surface area contributed by atoms with Crippen LogP contribution in [0.5, 0.6) is 0 Å². The van der Waals surface area contributed by atoms with Crippen LogP contribution in [-0.4, -0.2) is 9.97 Å². The Morgan fingerprint density at radius 1 is 1.04 bits per heavy atom. The second-order valence-electron chi connectivity index (χ2n) is 7.33. The predicted octanol–water partition coefficient (Wildman–Crippen LogP) is 4.11. The van der Waals surface area contributed by atoms with Crippen molar-refractivity contribution in [3.8, 4) is 10.4 Å². The zero-order valence-electron chi connectivity index (χ0n) is 16.1. The normalized spacial score (nSPS) is 12.5. The molecule has 0 aliphatic rings.